The number of benzene rings is 2. The lowest BCUT2D eigenvalue weighted by Crippen LogP contribution is -2.28. The highest BCUT2D eigenvalue weighted by Gasteiger charge is 2.36. The predicted octanol–water partition coefficient (Wildman–Crippen LogP) is 6.21. The number of methoxy groups -OCH3 is 4. The minimum absolute atomic E-state index is 0.439. The van der Waals surface area contributed by atoms with E-state index in [0.717, 1.165) is 18.4 Å². The molecule has 5 heteroatoms. The van der Waals surface area contributed by atoms with Gasteiger partial charge in [-0.2, -0.15) is 0 Å². The lowest BCUT2D eigenvalue weighted by Gasteiger charge is -2.32. The summed E-state index contributed by atoms with van der Waals surface area (Å²) in [6.07, 6.45) is 11.2. The van der Waals surface area contributed by atoms with Crippen LogP contribution in [0.2, 0.25) is 0 Å². The molecule has 0 aromatic heterocycles. The molecule has 178 valence electrons. The monoisotopic (exact) mass is 452 g/mol. The number of aliphatic hydroxyl groups is 1. The molecule has 2 rings (SSSR count). The molecule has 0 aliphatic rings. The van der Waals surface area contributed by atoms with Crippen LogP contribution in [-0.4, -0.2) is 33.5 Å². The Hall–Kier alpha value is -3.18. The quantitative estimate of drug-likeness (QED) is 0.223. The second kappa shape index (κ2) is 12.8. The van der Waals surface area contributed by atoms with Crippen LogP contribution in [0.3, 0.4) is 0 Å². The summed E-state index contributed by atoms with van der Waals surface area (Å²) in [5, 5.41) is 12.2. The zero-order valence-corrected chi connectivity index (χ0v) is 20.4. The summed E-state index contributed by atoms with van der Waals surface area (Å²) in [4.78, 5) is 0. The molecule has 0 spiro atoms. The van der Waals surface area contributed by atoms with Gasteiger partial charge in [0.25, 0.3) is 0 Å². The van der Waals surface area contributed by atoms with Crippen LogP contribution in [0, 0.1) is 0 Å². The lowest BCUT2D eigenvalue weighted by atomic mass is 9.81. The van der Waals surface area contributed by atoms with E-state index in [1.807, 2.05) is 30.3 Å². The van der Waals surface area contributed by atoms with Crippen LogP contribution in [-0.2, 0) is 5.60 Å². The van der Waals surface area contributed by atoms with E-state index in [-0.39, 0.29) is 0 Å². The molecule has 0 bridgehead atoms. The normalized spacial score (nSPS) is 13.5. The van der Waals surface area contributed by atoms with Gasteiger partial charge in [-0.15, -0.1) is 6.58 Å². The van der Waals surface area contributed by atoms with Gasteiger partial charge in [-0.3, -0.25) is 0 Å². The summed E-state index contributed by atoms with van der Waals surface area (Å²) >= 11 is 0. The summed E-state index contributed by atoms with van der Waals surface area (Å²) in [6, 6.07) is 11.1. The predicted molar refractivity (Wildman–Crippen MR) is 134 cm³/mol. The van der Waals surface area contributed by atoms with E-state index in [2.05, 4.69) is 31.7 Å². The van der Waals surface area contributed by atoms with E-state index >= 15 is 0 Å². The van der Waals surface area contributed by atoms with Gasteiger partial charge in [-0.05, 0) is 56.4 Å². The Bertz CT molecular complexity index is 951. The van der Waals surface area contributed by atoms with E-state index in [1.54, 1.807) is 40.6 Å². The van der Waals surface area contributed by atoms with E-state index in [0.29, 0.717) is 47.0 Å². The number of allylic oxidation sites excluding steroid dienone is 5. The first-order valence-electron chi connectivity index (χ1n) is 11.0. The fourth-order valence-corrected chi connectivity index (χ4v) is 3.74. The van der Waals surface area contributed by atoms with Gasteiger partial charge in [-0.1, -0.05) is 48.1 Å². The Kier molecular flexibility index (Phi) is 10.1. The Labute approximate surface area is 198 Å². The summed E-state index contributed by atoms with van der Waals surface area (Å²) in [6.45, 7) is 5.81. The van der Waals surface area contributed by atoms with Crippen LogP contribution in [0.15, 0.2) is 72.9 Å². The Balaban J connectivity index is 2.52. The molecule has 0 saturated heterocycles. The molecular weight excluding hydrogens is 416 g/mol. The van der Waals surface area contributed by atoms with Gasteiger partial charge in [0.05, 0.1) is 28.4 Å². The fourth-order valence-electron chi connectivity index (χ4n) is 3.74. The van der Waals surface area contributed by atoms with Crippen molar-refractivity contribution in [2.75, 3.05) is 28.4 Å². The second-order valence-electron chi connectivity index (χ2n) is 7.78. The van der Waals surface area contributed by atoms with E-state index in [9.17, 15) is 5.11 Å². The average Bonchev–Trinajstić information content (AvgIpc) is 2.85. The summed E-state index contributed by atoms with van der Waals surface area (Å²) in [5.41, 5.74) is 1.12. The third-order valence-corrected chi connectivity index (χ3v) is 5.63. The molecule has 33 heavy (non-hydrogen) atoms. The minimum atomic E-state index is -1.35. The van der Waals surface area contributed by atoms with Crippen LogP contribution in [0.5, 0.6) is 23.0 Å². The Morgan fingerprint density at radius 2 is 1.58 bits per heavy atom. The number of hydrogen-bond donors (Lipinski definition) is 1. The van der Waals surface area contributed by atoms with Crippen molar-refractivity contribution < 1.29 is 24.1 Å². The first-order valence-corrected chi connectivity index (χ1v) is 11.0. The van der Waals surface area contributed by atoms with E-state index in [4.69, 9.17) is 18.9 Å². The topological polar surface area (TPSA) is 57.2 Å². The average molecular weight is 453 g/mol. The molecule has 0 radical (unpaired) electrons. The van der Waals surface area contributed by atoms with E-state index < -0.39 is 5.60 Å². The fraction of sp³-hybridized carbons (Fsp3) is 0.357. The second-order valence-corrected chi connectivity index (χ2v) is 7.78. The summed E-state index contributed by atoms with van der Waals surface area (Å²) < 4.78 is 22.2. The van der Waals surface area contributed by atoms with Crippen LogP contribution in [0.4, 0.5) is 0 Å². The number of para-hydroxylation sites is 1. The maximum Gasteiger partial charge on any atom is 0.203 e. The van der Waals surface area contributed by atoms with Gasteiger partial charge in [-0.25, -0.2) is 0 Å². The van der Waals surface area contributed by atoms with Crippen LogP contribution in [0.1, 0.15) is 43.7 Å². The molecule has 0 aliphatic heterocycles. The van der Waals surface area contributed by atoms with Crippen molar-refractivity contribution >= 4 is 0 Å². The van der Waals surface area contributed by atoms with Gasteiger partial charge in [0.1, 0.15) is 11.4 Å². The third-order valence-electron chi connectivity index (χ3n) is 5.63. The largest absolute Gasteiger partial charge is 0.496 e. The molecule has 0 saturated carbocycles. The lowest BCUT2D eigenvalue weighted by molar-refractivity contribution is 0.0679. The highest BCUT2D eigenvalue weighted by atomic mass is 16.5. The first kappa shape index (κ1) is 26.1. The zero-order valence-electron chi connectivity index (χ0n) is 20.4. The summed E-state index contributed by atoms with van der Waals surface area (Å²) in [7, 11) is 6.29. The smallest absolute Gasteiger partial charge is 0.203 e. The van der Waals surface area contributed by atoms with Gasteiger partial charge < -0.3 is 24.1 Å². The summed E-state index contributed by atoms with van der Waals surface area (Å²) in [5.74, 6) is 2.06. The van der Waals surface area contributed by atoms with Crippen molar-refractivity contribution in [3.8, 4) is 23.0 Å². The highest BCUT2D eigenvalue weighted by Crippen LogP contribution is 2.46. The molecule has 1 atom stereocenters. The number of rotatable bonds is 13. The number of hydrogen-bond acceptors (Lipinski definition) is 5. The van der Waals surface area contributed by atoms with Crippen LogP contribution < -0.4 is 18.9 Å². The third kappa shape index (κ3) is 6.42. The van der Waals surface area contributed by atoms with Crippen molar-refractivity contribution in [3.63, 3.8) is 0 Å². The van der Waals surface area contributed by atoms with Crippen molar-refractivity contribution in [3.05, 3.63) is 84.0 Å². The molecule has 1 N–H and O–H groups in total. The molecule has 2 aromatic carbocycles. The SMILES string of the molecule is C=CCC/C=C/C=C(\C)CCC(O)(c1cc(OC)c(OC)c(OC)c1)c1ccccc1OC. The Morgan fingerprint density at radius 3 is 2.15 bits per heavy atom. The van der Waals surface area contributed by atoms with Crippen molar-refractivity contribution in [1.29, 1.82) is 0 Å². The molecule has 0 aliphatic carbocycles. The van der Waals surface area contributed by atoms with Crippen molar-refractivity contribution in [2.45, 2.75) is 38.2 Å². The Morgan fingerprint density at radius 1 is 0.939 bits per heavy atom. The maximum absolute atomic E-state index is 12.2. The molecular formula is C28H36O5. The first-order chi connectivity index (χ1) is 15.9. The molecule has 0 heterocycles. The number of unbranched alkanes of at least 4 members (excludes halogenated alkanes) is 1. The zero-order chi connectivity index (χ0) is 24.3. The van der Waals surface area contributed by atoms with E-state index in [1.165, 1.54) is 0 Å². The molecule has 5 nitrogen and oxygen atoms in total. The van der Waals surface area contributed by atoms with Crippen molar-refractivity contribution in [2.24, 2.45) is 0 Å². The number of ether oxygens (including phenoxy) is 4. The molecule has 0 amide bonds. The molecule has 1 unspecified atom stereocenters. The van der Waals surface area contributed by atoms with Crippen molar-refractivity contribution in [1.82, 2.24) is 0 Å². The van der Waals surface area contributed by atoms with Crippen LogP contribution in [0.25, 0.3) is 0 Å². The maximum atomic E-state index is 12.2. The minimum Gasteiger partial charge on any atom is -0.496 e. The van der Waals surface area contributed by atoms with Gasteiger partial charge in [0, 0.05) is 5.56 Å². The van der Waals surface area contributed by atoms with Gasteiger partial charge in [0.2, 0.25) is 5.75 Å². The van der Waals surface area contributed by atoms with Crippen LogP contribution >= 0.6 is 0 Å². The molecule has 2 aromatic rings. The van der Waals surface area contributed by atoms with Gasteiger partial charge in [0.15, 0.2) is 11.5 Å². The highest BCUT2D eigenvalue weighted by molar-refractivity contribution is 5.57. The van der Waals surface area contributed by atoms with Gasteiger partial charge >= 0.3 is 0 Å². The standard InChI is InChI=1S/C28H36O5/c1-7-8-9-10-11-14-21(2)17-18-28(29,23-15-12-13-16-24(23)30-3)22-19-25(31-4)27(33-6)26(20-22)32-5/h7,10-16,19-20,29H,1,8-9,17-18H2,2-6H3/b11-10+,21-14+. The molecule has 0 fully saturated rings.